The van der Waals surface area contributed by atoms with Crippen LogP contribution in [0.3, 0.4) is 0 Å². The van der Waals surface area contributed by atoms with Gasteiger partial charge in [0.25, 0.3) is 5.91 Å². The minimum atomic E-state index is -0.159. The second-order valence-corrected chi connectivity index (χ2v) is 6.17. The van der Waals surface area contributed by atoms with Crippen molar-refractivity contribution >= 4 is 11.8 Å². The van der Waals surface area contributed by atoms with Gasteiger partial charge in [0.2, 0.25) is 5.91 Å². The van der Waals surface area contributed by atoms with Gasteiger partial charge in [0.1, 0.15) is 11.5 Å². The molecule has 6 heteroatoms. The van der Waals surface area contributed by atoms with Crippen LogP contribution in [0.1, 0.15) is 69.3 Å². The van der Waals surface area contributed by atoms with Crippen LogP contribution in [0, 0.1) is 0 Å². The molecule has 2 amide bonds. The summed E-state index contributed by atoms with van der Waals surface area (Å²) < 4.78 is 1.99. The summed E-state index contributed by atoms with van der Waals surface area (Å²) >= 11 is 0. The summed E-state index contributed by atoms with van der Waals surface area (Å²) in [6.45, 7) is 9.28. The first-order valence-corrected chi connectivity index (χ1v) is 8.11. The van der Waals surface area contributed by atoms with E-state index in [0.717, 1.165) is 18.7 Å². The largest absolute Gasteiger partial charge is 0.348 e. The van der Waals surface area contributed by atoms with Crippen LogP contribution < -0.4 is 5.32 Å². The zero-order chi connectivity index (χ0) is 16.3. The van der Waals surface area contributed by atoms with Gasteiger partial charge in [-0.1, -0.05) is 13.3 Å². The number of fused-ring (bicyclic) bond motifs is 1. The van der Waals surface area contributed by atoms with Gasteiger partial charge in [0, 0.05) is 31.7 Å². The second-order valence-electron chi connectivity index (χ2n) is 6.17. The molecule has 0 unspecified atom stereocenters. The van der Waals surface area contributed by atoms with Gasteiger partial charge in [-0.25, -0.2) is 4.98 Å². The van der Waals surface area contributed by atoms with Crippen LogP contribution in [0.15, 0.2) is 6.20 Å². The Labute approximate surface area is 131 Å². The molecule has 6 nitrogen and oxygen atoms in total. The molecule has 1 N–H and O–H groups in total. The van der Waals surface area contributed by atoms with E-state index in [9.17, 15) is 9.59 Å². The Balaban J connectivity index is 2.13. The van der Waals surface area contributed by atoms with Crippen LogP contribution in [-0.2, 0) is 11.3 Å². The number of rotatable bonds is 5. The van der Waals surface area contributed by atoms with Gasteiger partial charge in [-0.15, -0.1) is 0 Å². The van der Waals surface area contributed by atoms with E-state index in [1.54, 1.807) is 6.20 Å². The van der Waals surface area contributed by atoms with E-state index in [1.165, 1.54) is 0 Å². The topological polar surface area (TPSA) is 67.2 Å². The number of hydrogen-bond donors (Lipinski definition) is 1. The van der Waals surface area contributed by atoms with Gasteiger partial charge >= 0.3 is 0 Å². The van der Waals surface area contributed by atoms with Crippen molar-refractivity contribution in [1.82, 2.24) is 19.8 Å². The minimum Gasteiger partial charge on any atom is -0.348 e. The highest BCUT2D eigenvalue weighted by Gasteiger charge is 2.30. The molecule has 1 aliphatic rings. The molecule has 0 saturated carbocycles. The van der Waals surface area contributed by atoms with Crippen molar-refractivity contribution in [3.05, 3.63) is 17.7 Å². The third-order valence-electron chi connectivity index (χ3n) is 3.95. The molecule has 1 aliphatic heterocycles. The van der Waals surface area contributed by atoms with Gasteiger partial charge in [-0.05, 0) is 27.2 Å². The number of nitrogens with zero attached hydrogens (tertiary/aromatic N) is 3. The zero-order valence-electron chi connectivity index (χ0n) is 13.9. The second kappa shape index (κ2) is 6.94. The van der Waals surface area contributed by atoms with E-state index in [2.05, 4.69) is 17.2 Å². The van der Waals surface area contributed by atoms with Gasteiger partial charge in [-0.3, -0.25) is 9.59 Å². The highest BCUT2D eigenvalue weighted by atomic mass is 16.2. The van der Waals surface area contributed by atoms with E-state index in [1.807, 2.05) is 30.2 Å². The van der Waals surface area contributed by atoms with Gasteiger partial charge < -0.3 is 14.8 Å². The van der Waals surface area contributed by atoms with E-state index >= 15 is 0 Å². The molecular weight excluding hydrogens is 280 g/mol. The van der Waals surface area contributed by atoms with Crippen molar-refractivity contribution in [3.63, 3.8) is 0 Å². The Morgan fingerprint density at radius 1 is 1.41 bits per heavy atom. The lowest BCUT2D eigenvalue weighted by Crippen LogP contribution is -2.41. The molecule has 122 valence electrons. The van der Waals surface area contributed by atoms with Crippen molar-refractivity contribution in [2.24, 2.45) is 0 Å². The number of carbonyl (C=O) groups excluding carboxylic acids is 2. The minimum absolute atomic E-state index is 0.0794. The van der Waals surface area contributed by atoms with Gasteiger partial charge in [-0.2, -0.15) is 0 Å². The number of imidazole rings is 1. The standard InChI is InChI=1S/C16H26N4O2/c1-5-6-7-14(21)20-9-8-19-10-13(16(22)17-11(2)3)18-15(19)12(20)4/h10-12H,5-9H2,1-4H3,(H,17,22)/t12-/m1/s1. The average molecular weight is 306 g/mol. The van der Waals surface area contributed by atoms with E-state index in [-0.39, 0.29) is 23.9 Å². The Bertz CT molecular complexity index is 550. The average Bonchev–Trinajstić information content (AvgIpc) is 2.89. The smallest absolute Gasteiger partial charge is 0.271 e. The summed E-state index contributed by atoms with van der Waals surface area (Å²) in [5.74, 6) is 0.815. The first-order valence-electron chi connectivity index (χ1n) is 8.11. The molecule has 1 aromatic rings. The molecule has 2 heterocycles. The van der Waals surface area contributed by atoms with Crippen LogP contribution in [0.25, 0.3) is 0 Å². The van der Waals surface area contributed by atoms with Crippen LogP contribution >= 0.6 is 0 Å². The Morgan fingerprint density at radius 3 is 2.77 bits per heavy atom. The van der Waals surface area contributed by atoms with E-state index in [4.69, 9.17) is 0 Å². The normalized spacial score (nSPS) is 17.5. The lowest BCUT2D eigenvalue weighted by atomic mass is 10.1. The van der Waals surface area contributed by atoms with Crippen LogP contribution in [0.4, 0.5) is 0 Å². The number of aromatic nitrogens is 2. The summed E-state index contributed by atoms with van der Waals surface area (Å²) in [6, 6.07) is -0.00511. The van der Waals surface area contributed by atoms with Crippen LogP contribution in [0.5, 0.6) is 0 Å². The third kappa shape index (κ3) is 3.48. The molecule has 1 atom stereocenters. The summed E-state index contributed by atoms with van der Waals surface area (Å²) in [6.07, 6.45) is 4.31. The van der Waals surface area contributed by atoms with E-state index < -0.39 is 0 Å². The van der Waals surface area contributed by atoms with Crippen molar-refractivity contribution in [1.29, 1.82) is 0 Å². The molecule has 0 aromatic carbocycles. The molecule has 0 radical (unpaired) electrons. The monoisotopic (exact) mass is 306 g/mol. The lowest BCUT2D eigenvalue weighted by Gasteiger charge is -2.33. The predicted octanol–water partition coefficient (Wildman–Crippen LogP) is 2.11. The third-order valence-corrected chi connectivity index (χ3v) is 3.95. The molecule has 2 rings (SSSR count). The predicted molar refractivity (Wildman–Crippen MR) is 84.5 cm³/mol. The molecule has 0 fully saturated rings. The fourth-order valence-corrected chi connectivity index (χ4v) is 2.75. The molecule has 0 bridgehead atoms. The molecule has 1 aromatic heterocycles. The first kappa shape index (κ1) is 16.5. The van der Waals surface area contributed by atoms with E-state index in [0.29, 0.717) is 25.2 Å². The quantitative estimate of drug-likeness (QED) is 0.906. The molecule has 22 heavy (non-hydrogen) atoms. The Hall–Kier alpha value is -1.85. The highest BCUT2D eigenvalue weighted by molar-refractivity contribution is 5.92. The number of amides is 2. The number of hydrogen-bond acceptors (Lipinski definition) is 3. The molecule has 0 saturated heterocycles. The number of nitrogens with one attached hydrogen (secondary N) is 1. The summed E-state index contributed by atoms with van der Waals surface area (Å²) in [5.41, 5.74) is 0.429. The zero-order valence-corrected chi connectivity index (χ0v) is 13.9. The Morgan fingerprint density at radius 2 is 2.14 bits per heavy atom. The summed E-state index contributed by atoms with van der Waals surface area (Å²) in [5, 5.41) is 2.85. The van der Waals surface area contributed by atoms with Gasteiger partial charge in [0.15, 0.2) is 0 Å². The van der Waals surface area contributed by atoms with Crippen LogP contribution in [-0.4, -0.2) is 38.9 Å². The summed E-state index contributed by atoms with van der Waals surface area (Å²) in [7, 11) is 0. The maximum absolute atomic E-state index is 12.3. The maximum Gasteiger partial charge on any atom is 0.271 e. The summed E-state index contributed by atoms with van der Waals surface area (Å²) in [4.78, 5) is 30.7. The number of carbonyl (C=O) groups is 2. The number of unbranched alkanes of at least 4 members (excludes halogenated alkanes) is 1. The fourth-order valence-electron chi connectivity index (χ4n) is 2.75. The van der Waals surface area contributed by atoms with Gasteiger partial charge in [0.05, 0.1) is 6.04 Å². The fraction of sp³-hybridized carbons (Fsp3) is 0.688. The Kier molecular flexibility index (Phi) is 5.21. The molecule has 0 spiro atoms. The molecule has 0 aliphatic carbocycles. The van der Waals surface area contributed by atoms with Crippen molar-refractivity contribution in [2.75, 3.05) is 6.54 Å². The van der Waals surface area contributed by atoms with Crippen molar-refractivity contribution in [2.45, 2.75) is 65.6 Å². The van der Waals surface area contributed by atoms with Crippen LogP contribution in [0.2, 0.25) is 0 Å². The first-order chi connectivity index (χ1) is 10.4. The van der Waals surface area contributed by atoms with Crippen molar-refractivity contribution < 1.29 is 9.59 Å². The maximum atomic E-state index is 12.3. The SMILES string of the molecule is CCCCC(=O)N1CCn2cc(C(=O)NC(C)C)nc2[C@H]1C. The van der Waals surface area contributed by atoms with Crippen molar-refractivity contribution in [3.8, 4) is 0 Å². The lowest BCUT2D eigenvalue weighted by molar-refractivity contribution is -0.134. The highest BCUT2D eigenvalue weighted by Crippen LogP contribution is 2.25. The molecular formula is C16H26N4O2.